The van der Waals surface area contributed by atoms with Gasteiger partial charge in [-0.15, -0.1) is 0 Å². The first-order valence-electron chi connectivity index (χ1n) is 6.76. The lowest BCUT2D eigenvalue weighted by atomic mass is 9.93. The molecule has 0 heterocycles. The van der Waals surface area contributed by atoms with Crippen molar-refractivity contribution in [2.24, 2.45) is 0 Å². The zero-order valence-electron chi connectivity index (χ0n) is 12.6. The van der Waals surface area contributed by atoms with E-state index >= 15 is 0 Å². The third-order valence-electron chi connectivity index (χ3n) is 3.38. The maximum atomic E-state index is 12.5. The van der Waals surface area contributed by atoms with Crippen molar-refractivity contribution < 1.29 is 9.53 Å². The summed E-state index contributed by atoms with van der Waals surface area (Å²) in [5, 5.41) is 4.05. The van der Waals surface area contributed by atoms with E-state index in [0.29, 0.717) is 21.4 Å². The highest BCUT2D eigenvalue weighted by Crippen LogP contribution is 2.30. The first-order valence-corrected chi connectivity index (χ1v) is 7.52. The summed E-state index contributed by atoms with van der Waals surface area (Å²) < 4.78 is 5.22. The van der Waals surface area contributed by atoms with E-state index in [-0.39, 0.29) is 5.91 Å². The highest BCUT2D eigenvalue weighted by Gasteiger charge is 2.27. The largest absolute Gasteiger partial charge is 0.496 e. The number of benzene rings is 2. The lowest BCUT2D eigenvalue weighted by Crippen LogP contribution is -2.41. The van der Waals surface area contributed by atoms with Gasteiger partial charge in [0.2, 0.25) is 0 Å². The number of rotatable bonds is 4. The molecule has 0 saturated heterocycles. The van der Waals surface area contributed by atoms with E-state index in [2.05, 4.69) is 5.32 Å². The van der Waals surface area contributed by atoms with Crippen molar-refractivity contribution in [1.29, 1.82) is 0 Å². The summed E-state index contributed by atoms with van der Waals surface area (Å²) >= 11 is 12.2. The number of amides is 1. The van der Waals surface area contributed by atoms with Gasteiger partial charge in [-0.05, 0) is 43.7 Å². The standard InChI is InChI=1S/C17H17Cl2NO2/c1-17(2,13-9-8-11(18)10-14(13)19)20-16(21)12-6-4-5-7-15(12)22-3/h4-10H,1-3H3,(H,20,21). The first kappa shape index (κ1) is 16.7. The van der Waals surface area contributed by atoms with E-state index in [1.54, 1.807) is 30.3 Å². The van der Waals surface area contributed by atoms with Gasteiger partial charge in [0.15, 0.2) is 0 Å². The van der Waals surface area contributed by atoms with Crippen LogP contribution in [0.2, 0.25) is 10.0 Å². The Bertz CT molecular complexity index is 699. The average Bonchev–Trinajstić information content (AvgIpc) is 2.46. The Hall–Kier alpha value is -1.71. The van der Waals surface area contributed by atoms with Crippen LogP contribution in [0.4, 0.5) is 0 Å². The summed E-state index contributed by atoms with van der Waals surface area (Å²) in [7, 11) is 1.54. The molecule has 116 valence electrons. The van der Waals surface area contributed by atoms with Crippen molar-refractivity contribution in [2.75, 3.05) is 7.11 Å². The van der Waals surface area contributed by atoms with Crippen LogP contribution in [0, 0.1) is 0 Å². The van der Waals surface area contributed by atoms with E-state index in [9.17, 15) is 4.79 Å². The fraction of sp³-hybridized carbons (Fsp3) is 0.235. The third-order valence-corrected chi connectivity index (χ3v) is 3.93. The van der Waals surface area contributed by atoms with Gasteiger partial charge in [-0.1, -0.05) is 41.4 Å². The summed E-state index contributed by atoms with van der Waals surface area (Å²) in [6.45, 7) is 3.77. The van der Waals surface area contributed by atoms with Crippen molar-refractivity contribution in [3.05, 3.63) is 63.6 Å². The normalized spacial score (nSPS) is 11.1. The third kappa shape index (κ3) is 3.54. The lowest BCUT2D eigenvalue weighted by molar-refractivity contribution is 0.0909. The molecule has 0 spiro atoms. The summed E-state index contributed by atoms with van der Waals surface area (Å²) in [6.07, 6.45) is 0. The lowest BCUT2D eigenvalue weighted by Gasteiger charge is -2.28. The van der Waals surface area contributed by atoms with Crippen molar-refractivity contribution in [1.82, 2.24) is 5.32 Å². The highest BCUT2D eigenvalue weighted by atomic mass is 35.5. The number of ether oxygens (including phenoxy) is 1. The molecule has 22 heavy (non-hydrogen) atoms. The molecule has 0 bridgehead atoms. The van der Waals surface area contributed by atoms with Crippen LogP contribution < -0.4 is 10.1 Å². The number of hydrogen-bond donors (Lipinski definition) is 1. The monoisotopic (exact) mass is 337 g/mol. The first-order chi connectivity index (χ1) is 10.3. The molecule has 2 aromatic rings. The molecule has 0 saturated carbocycles. The number of para-hydroxylation sites is 1. The predicted octanol–water partition coefficient (Wildman–Crippen LogP) is 4.67. The van der Waals surface area contributed by atoms with Crippen LogP contribution in [-0.4, -0.2) is 13.0 Å². The van der Waals surface area contributed by atoms with Gasteiger partial charge < -0.3 is 10.1 Å². The maximum Gasteiger partial charge on any atom is 0.255 e. The molecule has 0 aliphatic rings. The van der Waals surface area contributed by atoms with Crippen LogP contribution in [0.25, 0.3) is 0 Å². The summed E-state index contributed by atoms with van der Waals surface area (Å²) in [5.74, 6) is 0.298. The molecule has 0 aliphatic carbocycles. The molecule has 5 heteroatoms. The van der Waals surface area contributed by atoms with Crippen LogP contribution >= 0.6 is 23.2 Å². The molecule has 1 N–H and O–H groups in total. The van der Waals surface area contributed by atoms with Crippen LogP contribution in [0.5, 0.6) is 5.75 Å². The minimum Gasteiger partial charge on any atom is -0.496 e. The highest BCUT2D eigenvalue weighted by molar-refractivity contribution is 6.35. The Morgan fingerprint density at radius 1 is 1.14 bits per heavy atom. The van der Waals surface area contributed by atoms with Gasteiger partial charge in [0.1, 0.15) is 5.75 Å². The Labute approximate surface area is 140 Å². The minimum atomic E-state index is -0.653. The van der Waals surface area contributed by atoms with E-state index in [0.717, 1.165) is 5.56 Å². The van der Waals surface area contributed by atoms with Gasteiger partial charge >= 0.3 is 0 Å². The van der Waals surface area contributed by atoms with E-state index in [4.69, 9.17) is 27.9 Å². The fourth-order valence-electron chi connectivity index (χ4n) is 2.25. The topological polar surface area (TPSA) is 38.3 Å². The van der Waals surface area contributed by atoms with E-state index in [1.807, 2.05) is 26.0 Å². The molecule has 2 rings (SSSR count). The van der Waals surface area contributed by atoms with Gasteiger partial charge in [0, 0.05) is 10.0 Å². The molecular formula is C17H17Cl2NO2. The van der Waals surface area contributed by atoms with Gasteiger partial charge in [-0.2, -0.15) is 0 Å². The SMILES string of the molecule is COc1ccccc1C(=O)NC(C)(C)c1ccc(Cl)cc1Cl. The molecule has 0 aromatic heterocycles. The van der Waals surface area contributed by atoms with Crippen LogP contribution in [0.3, 0.4) is 0 Å². The molecule has 0 unspecified atom stereocenters. The van der Waals surface area contributed by atoms with Crippen LogP contribution in [0.1, 0.15) is 29.8 Å². The van der Waals surface area contributed by atoms with Gasteiger partial charge in [-0.25, -0.2) is 0 Å². The van der Waals surface area contributed by atoms with Crippen molar-refractivity contribution in [3.63, 3.8) is 0 Å². The van der Waals surface area contributed by atoms with Crippen LogP contribution in [-0.2, 0) is 5.54 Å². The zero-order chi connectivity index (χ0) is 16.3. The maximum absolute atomic E-state index is 12.5. The molecule has 0 aliphatic heterocycles. The number of carbonyl (C=O) groups excluding carboxylic acids is 1. The van der Waals surface area contributed by atoms with E-state index < -0.39 is 5.54 Å². The van der Waals surface area contributed by atoms with Crippen LogP contribution in [0.15, 0.2) is 42.5 Å². The molecule has 0 fully saturated rings. The summed E-state index contributed by atoms with van der Waals surface area (Å²) in [5.41, 5.74) is 0.615. The summed E-state index contributed by atoms with van der Waals surface area (Å²) in [4.78, 5) is 12.5. The number of carbonyl (C=O) groups is 1. The quantitative estimate of drug-likeness (QED) is 0.880. The minimum absolute atomic E-state index is 0.228. The molecule has 0 atom stereocenters. The zero-order valence-corrected chi connectivity index (χ0v) is 14.1. The van der Waals surface area contributed by atoms with Crippen molar-refractivity contribution in [3.8, 4) is 5.75 Å². The second-order valence-corrected chi connectivity index (χ2v) is 6.25. The van der Waals surface area contributed by atoms with Gasteiger partial charge in [0.25, 0.3) is 5.91 Å². The predicted molar refractivity (Wildman–Crippen MR) is 89.9 cm³/mol. The average molecular weight is 338 g/mol. The van der Waals surface area contributed by atoms with Crippen molar-refractivity contribution >= 4 is 29.1 Å². The second kappa shape index (κ2) is 6.59. The Balaban J connectivity index is 2.29. The Morgan fingerprint density at radius 2 is 1.82 bits per heavy atom. The number of halogens is 2. The smallest absolute Gasteiger partial charge is 0.255 e. The molecule has 0 radical (unpaired) electrons. The van der Waals surface area contributed by atoms with Crippen molar-refractivity contribution in [2.45, 2.75) is 19.4 Å². The fourth-order valence-corrected chi connectivity index (χ4v) is 2.89. The number of methoxy groups -OCH3 is 1. The molecule has 1 amide bonds. The number of nitrogens with one attached hydrogen (secondary N) is 1. The Kier molecular flexibility index (Phi) is 4.99. The Morgan fingerprint density at radius 3 is 2.45 bits per heavy atom. The summed E-state index contributed by atoms with van der Waals surface area (Å²) in [6, 6.07) is 12.3. The van der Waals surface area contributed by atoms with Gasteiger partial charge in [0.05, 0.1) is 18.2 Å². The molecular weight excluding hydrogens is 321 g/mol. The van der Waals surface area contributed by atoms with E-state index in [1.165, 1.54) is 7.11 Å². The van der Waals surface area contributed by atoms with Gasteiger partial charge in [-0.3, -0.25) is 4.79 Å². The molecule has 3 nitrogen and oxygen atoms in total. The molecule has 2 aromatic carbocycles. The second-order valence-electron chi connectivity index (χ2n) is 5.40. The number of hydrogen-bond acceptors (Lipinski definition) is 2.